The number of aromatic nitrogens is 1. The molecule has 1 aromatic rings. The maximum absolute atomic E-state index is 12.0. The Bertz CT molecular complexity index is 509. The van der Waals surface area contributed by atoms with Crippen molar-refractivity contribution in [3.05, 3.63) is 28.1 Å². The molecule has 0 spiro atoms. The van der Waals surface area contributed by atoms with E-state index in [9.17, 15) is 19.7 Å². The molecule has 2 heterocycles. The van der Waals surface area contributed by atoms with E-state index in [1.165, 1.54) is 4.90 Å². The largest absolute Gasteiger partial charge is 0.480 e. The van der Waals surface area contributed by atoms with E-state index in [2.05, 4.69) is 4.98 Å². The van der Waals surface area contributed by atoms with E-state index in [1.54, 1.807) is 0 Å². The standard InChI is InChI=1S/C10H11N3O5/c14-9(7-4-6(5-11-7)13(17)18)12-3-1-2-8(12)10(15)16/h4-5,8,11H,1-3H2,(H,15,16)/t8-/m1/s1. The molecule has 1 atom stereocenters. The molecule has 0 bridgehead atoms. The second-order valence-corrected chi connectivity index (χ2v) is 4.02. The molecular weight excluding hydrogens is 242 g/mol. The number of carbonyl (C=O) groups is 2. The molecule has 1 fully saturated rings. The fraction of sp³-hybridized carbons (Fsp3) is 0.400. The number of nitrogens with zero attached hydrogens (tertiary/aromatic N) is 2. The van der Waals surface area contributed by atoms with Crippen LogP contribution in [0.1, 0.15) is 23.3 Å². The topological polar surface area (TPSA) is 117 Å². The molecule has 8 nitrogen and oxygen atoms in total. The molecule has 0 aliphatic carbocycles. The Morgan fingerprint density at radius 3 is 2.83 bits per heavy atom. The Hall–Kier alpha value is -2.38. The normalized spacial score (nSPS) is 18.9. The molecule has 1 amide bonds. The Morgan fingerprint density at radius 2 is 2.28 bits per heavy atom. The van der Waals surface area contributed by atoms with E-state index >= 15 is 0 Å². The van der Waals surface area contributed by atoms with Gasteiger partial charge in [0.25, 0.3) is 11.6 Å². The van der Waals surface area contributed by atoms with E-state index in [-0.39, 0.29) is 11.4 Å². The van der Waals surface area contributed by atoms with Crippen molar-refractivity contribution in [1.82, 2.24) is 9.88 Å². The molecule has 0 aromatic carbocycles. The van der Waals surface area contributed by atoms with Crippen LogP contribution in [-0.2, 0) is 4.79 Å². The molecule has 1 aliphatic rings. The highest BCUT2D eigenvalue weighted by Crippen LogP contribution is 2.21. The van der Waals surface area contributed by atoms with E-state index in [0.717, 1.165) is 12.3 Å². The van der Waals surface area contributed by atoms with Crippen LogP contribution >= 0.6 is 0 Å². The van der Waals surface area contributed by atoms with Crippen LogP contribution in [0.25, 0.3) is 0 Å². The van der Waals surface area contributed by atoms with Crippen molar-refractivity contribution in [2.75, 3.05) is 6.54 Å². The predicted molar refractivity (Wildman–Crippen MR) is 59.1 cm³/mol. The van der Waals surface area contributed by atoms with Crippen LogP contribution in [0, 0.1) is 10.1 Å². The first kappa shape index (κ1) is 12.1. The molecule has 0 saturated carbocycles. The molecule has 1 aliphatic heterocycles. The third kappa shape index (κ3) is 2.04. The minimum Gasteiger partial charge on any atom is -0.480 e. The summed E-state index contributed by atoms with van der Waals surface area (Å²) in [5.74, 6) is -1.57. The summed E-state index contributed by atoms with van der Waals surface area (Å²) in [6.07, 6.45) is 2.13. The third-order valence-electron chi connectivity index (χ3n) is 2.91. The lowest BCUT2D eigenvalue weighted by molar-refractivity contribution is -0.384. The summed E-state index contributed by atoms with van der Waals surface area (Å²) in [4.78, 5) is 36.6. The van der Waals surface area contributed by atoms with Gasteiger partial charge in [-0.05, 0) is 12.8 Å². The van der Waals surface area contributed by atoms with Crippen LogP contribution in [-0.4, -0.2) is 44.4 Å². The molecule has 1 aromatic heterocycles. The van der Waals surface area contributed by atoms with Gasteiger partial charge >= 0.3 is 5.97 Å². The highest BCUT2D eigenvalue weighted by Gasteiger charge is 2.35. The number of carboxylic acid groups (broad SMARTS) is 1. The van der Waals surface area contributed by atoms with Gasteiger partial charge in [-0.15, -0.1) is 0 Å². The van der Waals surface area contributed by atoms with Crippen molar-refractivity contribution < 1.29 is 19.6 Å². The second-order valence-electron chi connectivity index (χ2n) is 4.02. The smallest absolute Gasteiger partial charge is 0.326 e. The van der Waals surface area contributed by atoms with E-state index in [4.69, 9.17) is 5.11 Å². The van der Waals surface area contributed by atoms with Gasteiger partial charge in [0.1, 0.15) is 11.7 Å². The molecule has 18 heavy (non-hydrogen) atoms. The number of H-pyrrole nitrogens is 1. The van der Waals surface area contributed by atoms with Crippen LogP contribution < -0.4 is 0 Å². The van der Waals surface area contributed by atoms with Gasteiger partial charge in [0, 0.05) is 12.6 Å². The zero-order valence-electron chi connectivity index (χ0n) is 9.33. The van der Waals surface area contributed by atoms with Gasteiger partial charge in [0.05, 0.1) is 11.1 Å². The number of likely N-dealkylation sites (tertiary alicyclic amines) is 1. The molecule has 2 rings (SSSR count). The Balaban J connectivity index is 2.20. The first-order valence-corrected chi connectivity index (χ1v) is 5.37. The summed E-state index contributed by atoms with van der Waals surface area (Å²) in [5.41, 5.74) is -0.181. The molecule has 96 valence electrons. The fourth-order valence-corrected chi connectivity index (χ4v) is 2.03. The molecular formula is C10H11N3O5. The lowest BCUT2D eigenvalue weighted by Gasteiger charge is -2.20. The number of carbonyl (C=O) groups excluding carboxylic acids is 1. The lowest BCUT2D eigenvalue weighted by atomic mass is 10.2. The number of hydrogen-bond acceptors (Lipinski definition) is 4. The number of nitrogens with one attached hydrogen (secondary N) is 1. The number of carboxylic acids is 1. The maximum atomic E-state index is 12.0. The van der Waals surface area contributed by atoms with Gasteiger partial charge in [-0.1, -0.05) is 0 Å². The molecule has 0 radical (unpaired) electrons. The van der Waals surface area contributed by atoms with Crippen LogP contribution in [0.5, 0.6) is 0 Å². The number of aliphatic carboxylic acids is 1. The Kier molecular flexibility index (Phi) is 3.00. The van der Waals surface area contributed by atoms with Gasteiger partial charge in [0.15, 0.2) is 0 Å². The van der Waals surface area contributed by atoms with E-state index < -0.39 is 22.8 Å². The molecule has 0 unspecified atom stereocenters. The molecule has 1 saturated heterocycles. The highest BCUT2D eigenvalue weighted by molar-refractivity contribution is 5.96. The average molecular weight is 253 g/mol. The van der Waals surface area contributed by atoms with E-state index in [0.29, 0.717) is 19.4 Å². The number of hydrogen-bond donors (Lipinski definition) is 2. The number of aromatic amines is 1. The van der Waals surface area contributed by atoms with Gasteiger partial charge in [-0.25, -0.2) is 4.79 Å². The van der Waals surface area contributed by atoms with E-state index in [1.807, 2.05) is 0 Å². The van der Waals surface area contributed by atoms with Crippen molar-refractivity contribution >= 4 is 17.6 Å². The molecule has 8 heteroatoms. The zero-order valence-corrected chi connectivity index (χ0v) is 9.33. The summed E-state index contributed by atoms with van der Waals surface area (Å²) in [7, 11) is 0. The predicted octanol–water partition coefficient (Wildman–Crippen LogP) is 0.612. The lowest BCUT2D eigenvalue weighted by Crippen LogP contribution is -2.40. The van der Waals surface area contributed by atoms with Gasteiger partial charge in [-0.3, -0.25) is 14.9 Å². The maximum Gasteiger partial charge on any atom is 0.326 e. The van der Waals surface area contributed by atoms with Gasteiger partial charge in [0.2, 0.25) is 0 Å². The second kappa shape index (κ2) is 4.47. The van der Waals surface area contributed by atoms with Gasteiger partial charge < -0.3 is 15.0 Å². The first-order chi connectivity index (χ1) is 8.50. The summed E-state index contributed by atoms with van der Waals surface area (Å²) in [5, 5.41) is 19.5. The van der Waals surface area contributed by atoms with Crippen LogP contribution in [0.3, 0.4) is 0 Å². The quantitative estimate of drug-likeness (QED) is 0.604. The minimum absolute atomic E-state index is 0.0369. The fourth-order valence-electron chi connectivity index (χ4n) is 2.03. The van der Waals surface area contributed by atoms with Crippen molar-refractivity contribution in [2.45, 2.75) is 18.9 Å². The Morgan fingerprint density at radius 1 is 1.56 bits per heavy atom. The summed E-state index contributed by atoms with van der Waals surface area (Å²) < 4.78 is 0. The number of amides is 1. The van der Waals surface area contributed by atoms with Crippen LogP contribution in [0.15, 0.2) is 12.3 Å². The van der Waals surface area contributed by atoms with Crippen molar-refractivity contribution in [3.8, 4) is 0 Å². The third-order valence-corrected chi connectivity index (χ3v) is 2.91. The Labute approximate surface area is 101 Å². The number of nitro groups is 1. The van der Waals surface area contributed by atoms with Crippen molar-refractivity contribution in [2.24, 2.45) is 0 Å². The highest BCUT2D eigenvalue weighted by atomic mass is 16.6. The zero-order chi connectivity index (χ0) is 13.3. The van der Waals surface area contributed by atoms with Crippen molar-refractivity contribution in [1.29, 1.82) is 0 Å². The summed E-state index contributed by atoms with van der Waals surface area (Å²) >= 11 is 0. The first-order valence-electron chi connectivity index (χ1n) is 5.37. The summed E-state index contributed by atoms with van der Waals surface area (Å²) in [6, 6.07) is 0.263. The van der Waals surface area contributed by atoms with Crippen molar-refractivity contribution in [3.63, 3.8) is 0 Å². The number of rotatable bonds is 3. The van der Waals surface area contributed by atoms with Gasteiger partial charge in [-0.2, -0.15) is 0 Å². The average Bonchev–Trinajstić information content (AvgIpc) is 2.97. The summed E-state index contributed by atoms with van der Waals surface area (Å²) in [6.45, 7) is 0.350. The SMILES string of the molecule is O=C(O)[C@H]1CCCN1C(=O)c1cc([N+](=O)[O-])c[nH]1. The monoisotopic (exact) mass is 253 g/mol. The van der Waals surface area contributed by atoms with Crippen LogP contribution in [0.4, 0.5) is 5.69 Å². The van der Waals surface area contributed by atoms with Crippen LogP contribution in [0.2, 0.25) is 0 Å². The molecule has 2 N–H and O–H groups in total. The minimum atomic E-state index is -1.05.